The molecule has 0 aliphatic carbocycles. The molecule has 0 bridgehead atoms. The highest BCUT2D eigenvalue weighted by Gasteiger charge is 2.19. The van der Waals surface area contributed by atoms with Crippen molar-refractivity contribution in [2.45, 2.75) is 12.8 Å². The monoisotopic (exact) mass is 184 g/mol. The summed E-state index contributed by atoms with van der Waals surface area (Å²) in [6.07, 6.45) is 0.525. The summed E-state index contributed by atoms with van der Waals surface area (Å²) in [5.74, 6) is -0.796. The van der Waals surface area contributed by atoms with Gasteiger partial charge in [-0.25, -0.2) is 0 Å². The van der Waals surface area contributed by atoms with Crippen LogP contribution >= 0.6 is 11.3 Å². The molecule has 1 saturated heterocycles. The van der Waals surface area contributed by atoms with Gasteiger partial charge in [0, 0.05) is 0 Å². The van der Waals surface area contributed by atoms with Crippen molar-refractivity contribution in [2.75, 3.05) is 0 Å². The van der Waals surface area contributed by atoms with Crippen LogP contribution < -0.4 is 0 Å². The molecule has 1 aromatic rings. The van der Waals surface area contributed by atoms with Crippen molar-refractivity contribution in [1.29, 1.82) is 0 Å². The first-order valence-corrected chi connectivity index (χ1v) is 4.44. The van der Waals surface area contributed by atoms with Crippen LogP contribution in [0.2, 0.25) is 0 Å². The second-order valence-corrected chi connectivity index (χ2v) is 2.96. The first-order valence-electron chi connectivity index (χ1n) is 3.50. The predicted octanol–water partition coefficient (Wildman–Crippen LogP) is 1.60. The van der Waals surface area contributed by atoms with Gasteiger partial charge in [-0.3, -0.25) is 9.59 Å². The summed E-state index contributed by atoms with van der Waals surface area (Å²) in [6.45, 7) is 0. The number of carbonyl (C=O) groups is 2. The molecule has 2 rings (SSSR count). The van der Waals surface area contributed by atoms with Gasteiger partial charge in [0.25, 0.3) is 0 Å². The summed E-state index contributed by atoms with van der Waals surface area (Å²) in [6, 6.07) is 4.04. The Bertz CT molecular complexity index is 222. The minimum absolute atomic E-state index is 0.263. The fraction of sp³-hybridized carbons (Fsp3) is 0.250. The third-order valence-electron chi connectivity index (χ3n) is 1.19. The van der Waals surface area contributed by atoms with Crippen molar-refractivity contribution in [3.05, 3.63) is 22.9 Å². The number of ether oxygens (including phenoxy) is 1. The molecule has 4 heteroatoms. The van der Waals surface area contributed by atoms with Crippen LogP contribution in [0.4, 0.5) is 0 Å². The van der Waals surface area contributed by atoms with E-state index in [1.807, 2.05) is 22.9 Å². The van der Waals surface area contributed by atoms with Gasteiger partial charge in [0.05, 0.1) is 12.8 Å². The lowest BCUT2D eigenvalue weighted by atomic mass is 10.4. The van der Waals surface area contributed by atoms with Crippen LogP contribution in [0.5, 0.6) is 0 Å². The lowest BCUT2D eigenvalue weighted by Gasteiger charge is -1.79. The summed E-state index contributed by atoms with van der Waals surface area (Å²) in [5, 5.41) is 4.08. The molecule has 0 atom stereocenters. The van der Waals surface area contributed by atoms with E-state index in [1.165, 1.54) is 0 Å². The minimum atomic E-state index is -0.398. The zero-order valence-corrected chi connectivity index (χ0v) is 7.17. The van der Waals surface area contributed by atoms with Crippen molar-refractivity contribution < 1.29 is 14.3 Å². The number of cyclic esters (lactones) is 2. The second kappa shape index (κ2) is 4.66. The highest BCUT2D eigenvalue weighted by molar-refractivity contribution is 7.07. The van der Waals surface area contributed by atoms with Gasteiger partial charge in [-0.05, 0) is 10.8 Å². The molecule has 0 spiro atoms. The van der Waals surface area contributed by atoms with Crippen LogP contribution in [-0.4, -0.2) is 11.9 Å². The molecule has 0 saturated carbocycles. The van der Waals surface area contributed by atoms with Gasteiger partial charge < -0.3 is 4.74 Å². The molecule has 12 heavy (non-hydrogen) atoms. The smallest absolute Gasteiger partial charge is 0.314 e. The third-order valence-corrected chi connectivity index (χ3v) is 1.81. The Morgan fingerprint density at radius 3 is 1.75 bits per heavy atom. The fourth-order valence-corrected chi connectivity index (χ4v) is 1.11. The number of esters is 2. The molecule has 0 unspecified atom stereocenters. The molecule has 0 N–H and O–H groups in total. The average Bonchev–Trinajstić information content (AvgIpc) is 2.63. The summed E-state index contributed by atoms with van der Waals surface area (Å²) >= 11 is 1.71. The molecule has 1 aliphatic heterocycles. The highest BCUT2D eigenvalue weighted by atomic mass is 32.1. The topological polar surface area (TPSA) is 43.4 Å². The van der Waals surface area contributed by atoms with Crippen LogP contribution in [0, 0.1) is 0 Å². The molecule has 3 nitrogen and oxygen atoms in total. The van der Waals surface area contributed by atoms with E-state index in [1.54, 1.807) is 11.3 Å². The van der Waals surface area contributed by atoms with E-state index in [2.05, 4.69) is 4.74 Å². The van der Waals surface area contributed by atoms with Crippen molar-refractivity contribution in [1.82, 2.24) is 0 Å². The van der Waals surface area contributed by atoms with E-state index in [0.29, 0.717) is 0 Å². The normalized spacial score (nSPS) is 15.0. The molecule has 0 aromatic carbocycles. The van der Waals surface area contributed by atoms with Crippen LogP contribution in [0.1, 0.15) is 12.8 Å². The van der Waals surface area contributed by atoms with Gasteiger partial charge in [0.1, 0.15) is 0 Å². The fourth-order valence-electron chi connectivity index (χ4n) is 0.660. The Kier molecular flexibility index (Phi) is 3.47. The van der Waals surface area contributed by atoms with Gasteiger partial charge in [-0.15, -0.1) is 0 Å². The molecular weight excluding hydrogens is 176 g/mol. The minimum Gasteiger partial charge on any atom is -0.393 e. The average molecular weight is 184 g/mol. The van der Waals surface area contributed by atoms with Gasteiger partial charge in [0.15, 0.2) is 0 Å². The molecule has 0 radical (unpaired) electrons. The van der Waals surface area contributed by atoms with Crippen LogP contribution in [-0.2, 0) is 14.3 Å². The summed E-state index contributed by atoms with van der Waals surface area (Å²) in [5.41, 5.74) is 0. The van der Waals surface area contributed by atoms with E-state index < -0.39 is 11.9 Å². The van der Waals surface area contributed by atoms with Gasteiger partial charge >= 0.3 is 11.9 Å². The van der Waals surface area contributed by atoms with Gasteiger partial charge in [-0.1, -0.05) is 12.1 Å². The molecule has 64 valence electrons. The molecule has 1 aliphatic rings. The molecule has 1 aromatic heterocycles. The number of thiophene rings is 1. The van der Waals surface area contributed by atoms with E-state index in [-0.39, 0.29) is 12.8 Å². The molecule has 1 fully saturated rings. The van der Waals surface area contributed by atoms with Crippen LogP contribution in [0.25, 0.3) is 0 Å². The van der Waals surface area contributed by atoms with Gasteiger partial charge in [0.2, 0.25) is 0 Å². The van der Waals surface area contributed by atoms with Crippen molar-refractivity contribution in [2.24, 2.45) is 0 Å². The second-order valence-electron chi connectivity index (χ2n) is 2.14. The van der Waals surface area contributed by atoms with Gasteiger partial charge in [-0.2, -0.15) is 11.3 Å². The van der Waals surface area contributed by atoms with Crippen molar-refractivity contribution in [3.8, 4) is 0 Å². The Hall–Kier alpha value is -1.16. The van der Waals surface area contributed by atoms with Crippen LogP contribution in [0.3, 0.4) is 0 Å². The Labute approximate surface area is 74.0 Å². The number of hydrogen-bond acceptors (Lipinski definition) is 4. The van der Waals surface area contributed by atoms with E-state index >= 15 is 0 Å². The Morgan fingerprint density at radius 1 is 1.08 bits per heavy atom. The van der Waals surface area contributed by atoms with E-state index in [4.69, 9.17) is 0 Å². The first-order chi connectivity index (χ1) is 5.79. The Balaban J connectivity index is 0.000000127. The zero-order chi connectivity index (χ0) is 8.81. The molecular formula is C8H8O3S. The largest absolute Gasteiger partial charge is 0.393 e. The SMILES string of the molecule is O=C1CCC(=O)O1.c1ccsc1. The third kappa shape index (κ3) is 3.30. The van der Waals surface area contributed by atoms with Crippen molar-refractivity contribution >= 4 is 23.3 Å². The van der Waals surface area contributed by atoms with Crippen molar-refractivity contribution in [3.63, 3.8) is 0 Å². The number of hydrogen-bond donors (Lipinski definition) is 0. The summed E-state index contributed by atoms with van der Waals surface area (Å²) in [4.78, 5) is 20.0. The summed E-state index contributed by atoms with van der Waals surface area (Å²) in [7, 11) is 0. The number of rotatable bonds is 0. The highest BCUT2D eigenvalue weighted by Crippen LogP contribution is 2.03. The molecule has 2 heterocycles. The summed E-state index contributed by atoms with van der Waals surface area (Å²) < 4.78 is 4.08. The van der Waals surface area contributed by atoms with E-state index in [9.17, 15) is 9.59 Å². The quantitative estimate of drug-likeness (QED) is 0.454. The maximum Gasteiger partial charge on any atom is 0.314 e. The predicted molar refractivity (Wildman–Crippen MR) is 44.7 cm³/mol. The Morgan fingerprint density at radius 2 is 1.58 bits per heavy atom. The lowest BCUT2D eigenvalue weighted by molar-refractivity contribution is -0.151. The van der Waals surface area contributed by atoms with Crippen LogP contribution in [0.15, 0.2) is 22.9 Å². The first kappa shape index (κ1) is 8.93. The van der Waals surface area contributed by atoms with E-state index in [0.717, 1.165) is 0 Å². The lowest BCUT2D eigenvalue weighted by Crippen LogP contribution is -1.94. The maximum absolute atomic E-state index is 10.0. The standard InChI is InChI=1S/C4H4O3.C4H4S/c5-3-1-2-4(6)7-3;1-2-4-5-3-1/h1-2H2;1-4H. The maximum atomic E-state index is 10.0. The molecule has 0 amide bonds. The number of carbonyl (C=O) groups excluding carboxylic acids is 2. The zero-order valence-electron chi connectivity index (χ0n) is 6.36.